The van der Waals surface area contributed by atoms with Crippen LogP contribution in [0.25, 0.3) is 0 Å². The van der Waals surface area contributed by atoms with Gasteiger partial charge in [-0.1, -0.05) is 0 Å². The SMILES string of the molecule is CN(C)C(=O)CN(CC(F)(F)F)C(=O)CC1(N)CCC1. The van der Waals surface area contributed by atoms with Crippen LogP contribution in [0.15, 0.2) is 0 Å². The first kappa shape index (κ1) is 16.7. The van der Waals surface area contributed by atoms with Crippen LogP contribution in [0.5, 0.6) is 0 Å². The molecule has 2 N–H and O–H groups in total. The lowest BCUT2D eigenvalue weighted by Crippen LogP contribution is -2.53. The van der Waals surface area contributed by atoms with Crippen LogP contribution >= 0.6 is 0 Å². The number of nitrogens with zero attached hydrogens (tertiary/aromatic N) is 2. The molecule has 0 aromatic rings. The van der Waals surface area contributed by atoms with Crippen molar-refractivity contribution >= 4 is 11.8 Å². The fourth-order valence-electron chi connectivity index (χ4n) is 1.97. The molecule has 0 radical (unpaired) electrons. The van der Waals surface area contributed by atoms with Crippen molar-refractivity contribution in [3.8, 4) is 0 Å². The van der Waals surface area contributed by atoms with Gasteiger partial charge < -0.3 is 15.5 Å². The van der Waals surface area contributed by atoms with Crippen molar-refractivity contribution in [2.75, 3.05) is 27.2 Å². The lowest BCUT2D eigenvalue weighted by atomic mass is 9.75. The molecule has 8 heteroatoms. The van der Waals surface area contributed by atoms with E-state index < -0.39 is 36.6 Å². The third-order valence-electron chi connectivity index (χ3n) is 3.40. The van der Waals surface area contributed by atoms with Crippen LogP contribution in [0, 0.1) is 0 Å². The van der Waals surface area contributed by atoms with Crippen LogP contribution in [-0.2, 0) is 9.59 Å². The van der Waals surface area contributed by atoms with Gasteiger partial charge in [-0.25, -0.2) is 0 Å². The minimum atomic E-state index is -4.54. The molecule has 0 atom stereocenters. The number of halogens is 3. The first-order valence-corrected chi connectivity index (χ1v) is 6.36. The van der Waals surface area contributed by atoms with Gasteiger partial charge in [0.1, 0.15) is 13.1 Å². The molecule has 0 saturated heterocycles. The van der Waals surface area contributed by atoms with Gasteiger partial charge in [0.2, 0.25) is 11.8 Å². The Morgan fingerprint density at radius 1 is 1.20 bits per heavy atom. The Bertz CT molecular complexity index is 379. The van der Waals surface area contributed by atoms with Gasteiger partial charge in [0.25, 0.3) is 0 Å². The van der Waals surface area contributed by atoms with Gasteiger partial charge in [0.15, 0.2) is 0 Å². The Balaban J connectivity index is 2.70. The Hall–Kier alpha value is -1.31. The normalized spacial score (nSPS) is 17.3. The van der Waals surface area contributed by atoms with Gasteiger partial charge >= 0.3 is 6.18 Å². The molecule has 0 aliphatic heterocycles. The number of carbonyl (C=O) groups is 2. The summed E-state index contributed by atoms with van der Waals surface area (Å²) in [5.74, 6) is -1.28. The molecular weight excluding hydrogens is 275 g/mol. The molecule has 116 valence electrons. The van der Waals surface area contributed by atoms with Gasteiger partial charge in [0.05, 0.1) is 0 Å². The second kappa shape index (κ2) is 5.99. The van der Waals surface area contributed by atoms with Crippen molar-refractivity contribution in [1.29, 1.82) is 0 Å². The van der Waals surface area contributed by atoms with Gasteiger partial charge in [-0.3, -0.25) is 9.59 Å². The molecule has 20 heavy (non-hydrogen) atoms. The highest BCUT2D eigenvalue weighted by Crippen LogP contribution is 2.33. The van der Waals surface area contributed by atoms with Crippen LogP contribution in [0.2, 0.25) is 0 Å². The molecule has 1 fully saturated rings. The van der Waals surface area contributed by atoms with Gasteiger partial charge in [-0.15, -0.1) is 0 Å². The minimum absolute atomic E-state index is 0.149. The van der Waals surface area contributed by atoms with Crippen LogP contribution in [0.1, 0.15) is 25.7 Å². The third-order valence-corrected chi connectivity index (χ3v) is 3.40. The number of likely N-dealkylation sites (N-methyl/N-ethyl adjacent to an activating group) is 1. The lowest BCUT2D eigenvalue weighted by Gasteiger charge is -2.39. The maximum Gasteiger partial charge on any atom is 0.406 e. The van der Waals surface area contributed by atoms with E-state index in [1.165, 1.54) is 14.1 Å². The first-order valence-electron chi connectivity index (χ1n) is 6.36. The minimum Gasteiger partial charge on any atom is -0.347 e. The second-order valence-corrected chi connectivity index (χ2v) is 5.55. The van der Waals surface area contributed by atoms with E-state index in [-0.39, 0.29) is 6.42 Å². The number of rotatable bonds is 5. The summed E-state index contributed by atoms with van der Waals surface area (Å²) in [4.78, 5) is 25.2. The smallest absolute Gasteiger partial charge is 0.347 e. The fraction of sp³-hybridized carbons (Fsp3) is 0.833. The Morgan fingerprint density at radius 3 is 2.10 bits per heavy atom. The standard InChI is InChI=1S/C12H20F3N3O2/c1-17(2)10(20)7-18(8-12(13,14)15)9(19)6-11(16)4-3-5-11/h3-8,16H2,1-2H3. The quantitative estimate of drug-likeness (QED) is 0.813. The summed E-state index contributed by atoms with van der Waals surface area (Å²) in [6, 6.07) is 0. The highest BCUT2D eigenvalue weighted by atomic mass is 19.4. The summed E-state index contributed by atoms with van der Waals surface area (Å²) in [6.45, 7) is -2.01. The summed E-state index contributed by atoms with van der Waals surface area (Å²) >= 11 is 0. The molecular formula is C12H20F3N3O2. The summed E-state index contributed by atoms with van der Waals surface area (Å²) in [5, 5.41) is 0. The van der Waals surface area contributed by atoms with E-state index in [1.807, 2.05) is 0 Å². The predicted molar refractivity (Wildman–Crippen MR) is 66.7 cm³/mol. The van der Waals surface area contributed by atoms with Crippen molar-refractivity contribution < 1.29 is 22.8 Å². The molecule has 5 nitrogen and oxygen atoms in total. The summed E-state index contributed by atoms with van der Waals surface area (Å²) in [7, 11) is 2.85. The van der Waals surface area contributed by atoms with E-state index in [2.05, 4.69) is 0 Å². The number of amides is 2. The van der Waals surface area contributed by atoms with E-state index in [9.17, 15) is 22.8 Å². The summed E-state index contributed by atoms with van der Waals surface area (Å²) in [6.07, 6.45) is -2.56. The van der Waals surface area contributed by atoms with Crippen LogP contribution in [0.3, 0.4) is 0 Å². The Labute approximate surface area is 115 Å². The third kappa shape index (κ3) is 4.99. The maximum atomic E-state index is 12.5. The molecule has 2 amide bonds. The average molecular weight is 295 g/mol. The number of hydrogen-bond acceptors (Lipinski definition) is 3. The largest absolute Gasteiger partial charge is 0.406 e. The highest BCUT2D eigenvalue weighted by Gasteiger charge is 2.39. The van der Waals surface area contributed by atoms with Crippen molar-refractivity contribution in [3.63, 3.8) is 0 Å². The van der Waals surface area contributed by atoms with Gasteiger partial charge in [-0.2, -0.15) is 13.2 Å². The molecule has 1 aliphatic carbocycles. The molecule has 0 heterocycles. The predicted octanol–water partition coefficient (Wildman–Crippen LogP) is 0.737. The molecule has 1 rings (SSSR count). The number of nitrogens with two attached hydrogens (primary N) is 1. The molecule has 0 aromatic heterocycles. The monoisotopic (exact) mass is 295 g/mol. The molecule has 1 saturated carbocycles. The zero-order valence-electron chi connectivity index (χ0n) is 11.7. The molecule has 1 aliphatic rings. The second-order valence-electron chi connectivity index (χ2n) is 5.55. The van der Waals surface area contributed by atoms with E-state index in [0.717, 1.165) is 11.3 Å². The topological polar surface area (TPSA) is 66.6 Å². The van der Waals surface area contributed by atoms with Crippen molar-refractivity contribution in [2.24, 2.45) is 5.73 Å². The fourth-order valence-corrected chi connectivity index (χ4v) is 1.97. The average Bonchev–Trinajstić information content (AvgIpc) is 2.23. The first-order chi connectivity index (χ1) is 9.02. The van der Waals surface area contributed by atoms with Crippen molar-refractivity contribution in [3.05, 3.63) is 0 Å². The van der Waals surface area contributed by atoms with E-state index in [1.54, 1.807) is 0 Å². The number of hydrogen-bond donors (Lipinski definition) is 1. The van der Waals surface area contributed by atoms with Gasteiger partial charge in [-0.05, 0) is 19.3 Å². The molecule has 0 bridgehead atoms. The number of carbonyl (C=O) groups excluding carboxylic acids is 2. The molecule has 0 spiro atoms. The highest BCUT2D eigenvalue weighted by molar-refractivity contribution is 5.85. The summed E-state index contributed by atoms with van der Waals surface area (Å²) in [5.41, 5.74) is 5.17. The van der Waals surface area contributed by atoms with Crippen molar-refractivity contribution in [1.82, 2.24) is 9.80 Å². The van der Waals surface area contributed by atoms with Crippen LogP contribution in [-0.4, -0.2) is 60.5 Å². The van der Waals surface area contributed by atoms with Crippen LogP contribution < -0.4 is 5.73 Å². The zero-order valence-corrected chi connectivity index (χ0v) is 11.7. The summed E-state index contributed by atoms with van der Waals surface area (Å²) < 4.78 is 37.5. The molecule has 0 unspecified atom stereocenters. The Kier molecular flexibility index (Phi) is 5.01. The van der Waals surface area contributed by atoms with E-state index >= 15 is 0 Å². The molecule has 0 aromatic carbocycles. The zero-order chi connectivity index (χ0) is 15.6. The lowest BCUT2D eigenvalue weighted by molar-refractivity contribution is -0.165. The number of alkyl halides is 3. The Morgan fingerprint density at radius 2 is 1.75 bits per heavy atom. The van der Waals surface area contributed by atoms with Crippen molar-refractivity contribution in [2.45, 2.75) is 37.4 Å². The van der Waals surface area contributed by atoms with E-state index in [4.69, 9.17) is 5.73 Å². The maximum absolute atomic E-state index is 12.5. The van der Waals surface area contributed by atoms with E-state index in [0.29, 0.717) is 17.7 Å². The van der Waals surface area contributed by atoms with Crippen LogP contribution in [0.4, 0.5) is 13.2 Å². The van der Waals surface area contributed by atoms with Gasteiger partial charge in [0, 0.05) is 26.1 Å².